The number of anilines is 2. The molecular weight excluding hydrogens is 1230 g/mol. The minimum absolute atomic E-state index is 0.115. The van der Waals surface area contributed by atoms with Gasteiger partial charge in [-0.05, 0) is 116 Å². The van der Waals surface area contributed by atoms with Crippen LogP contribution in [0, 0.1) is 5.92 Å². The molecule has 11 rings (SSSR count). The number of likely N-dealkylation sites (tertiary alicyclic amines) is 1. The molecule has 5 aromatic carbocycles. The van der Waals surface area contributed by atoms with E-state index in [1.807, 2.05) is 99.2 Å². The Morgan fingerprint density at radius 2 is 1.19 bits per heavy atom. The molecule has 6 heterocycles. The van der Waals surface area contributed by atoms with Gasteiger partial charge in [-0.2, -0.15) is 0 Å². The Morgan fingerprint density at radius 3 is 1.74 bits per heavy atom. The number of hydrogen-bond donors (Lipinski definition) is 3. The number of carbonyl (C=O) groups is 7. The molecule has 20 nitrogen and oxygen atoms in total. The van der Waals surface area contributed by atoms with Crippen LogP contribution in [0.25, 0.3) is 11.1 Å². The summed E-state index contributed by atoms with van der Waals surface area (Å²) in [5, 5.41) is 8.44. The van der Waals surface area contributed by atoms with Crippen molar-refractivity contribution in [3.63, 3.8) is 0 Å². The van der Waals surface area contributed by atoms with E-state index >= 15 is 0 Å². The van der Waals surface area contributed by atoms with Crippen LogP contribution < -0.4 is 39.8 Å². The summed E-state index contributed by atoms with van der Waals surface area (Å²) in [5.74, 6) is -1.29. The van der Waals surface area contributed by atoms with Crippen molar-refractivity contribution in [3.8, 4) is 23.0 Å². The Kier molecular flexibility index (Phi) is 22.1. The highest BCUT2D eigenvalue weighted by molar-refractivity contribution is 6.08. The minimum atomic E-state index is -0.940. The Labute approximate surface area is 566 Å². The molecule has 2 fully saturated rings. The smallest absolute Gasteiger partial charge is 0.260 e. The summed E-state index contributed by atoms with van der Waals surface area (Å²) < 4.78 is 23.9. The van der Waals surface area contributed by atoms with E-state index in [1.165, 1.54) is 23.3 Å². The molecule has 0 aromatic heterocycles. The lowest BCUT2D eigenvalue weighted by Gasteiger charge is -2.24. The average molecular weight is 1310 g/mol. The van der Waals surface area contributed by atoms with Crippen LogP contribution in [0.5, 0.6) is 23.0 Å². The molecule has 5 atom stereocenters. The number of aliphatic imine (C=N–C) groups is 2. The van der Waals surface area contributed by atoms with E-state index in [0.29, 0.717) is 89.7 Å². The summed E-state index contributed by atoms with van der Waals surface area (Å²) in [6, 6.07) is 37.1. The van der Waals surface area contributed by atoms with Gasteiger partial charge in [-0.25, -0.2) is 0 Å². The number of carbonyl (C=O) groups excluding carboxylic acids is 7. The van der Waals surface area contributed by atoms with E-state index in [9.17, 15) is 33.6 Å². The monoisotopic (exact) mass is 1310 g/mol. The summed E-state index contributed by atoms with van der Waals surface area (Å²) in [6.45, 7) is 10.1. The molecule has 504 valence electrons. The van der Waals surface area contributed by atoms with Crippen LogP contribution >= 0.6 is 0 Å². The van der Waals surface area contributed by atoms with Gasteiger partial charge in [0.15, 0.2) is 23.0 Å². The van der Waals surface area contributed by atoms with Gasteiger partial charge in [0.25, 0.3) is 11.8 Å². The molecule has 6 aliphatic heterocycles. The van der Waals surface area contributed by atoms with Crippen LogP contribution in [0.2, 0.25) is 0 Å². The maximum Gasteiger partial charge on any atom is 0.260 e. The van der Waals surface area contributed by atoms with Crippen LogP contribution in [0.3, 0.4) is 0 Å². The number of nitrogens with zero attached hydrogens (tertiary/aromatic N) is 6. The Balaban J connectivity index is 0.617. The third-order valence-electron chi connectivity index (χ3n) is 18.6. The van der Waals surface area contributed by atoms with E-state index in [4.69, 9.17) is 28.9 Å². The second-order valence-electron chi connectivity index (χ2n) is 25.5. The van der Waals surface area contributed by atoms with Crippen LogP contribution in [0.4, 0.5) is 22.7 Å². The lowest BCUT2D eigenvalue weighted by atomic mass is 9.99. The summed E-state index contributed by atoms with van der Waals surface area (Å²) >= 11 is 0. The van der Waals surface area contributed by atoms with Crippen molar-refractivity contribution in [3.05, 3.63) is 179 Å². The number of benzene rings is 4. The molecule has 5 aromatic rings. The summed E-state index contributed by atoms with van der Waals surface area (Å²) in [4.78, 5) is 111. The molecule has 7 amide bonds. The van der Waals surface area contributed by atoms with E-state index in [2.05, 4.69) is 58.1 Å². The molecule has 2 unspecified atom stereocenters. The SMILES string of the molecule is C/C=C1/CCCN(c2ccc(C3=CN4C(=O)c5cc(OC)c(OCCCOc6cc7c(cc6OC)C(=O)N6C=C(c8ccc(NC(=O)[C@H](C)NC(=O)C(NC(=O)CCCCCN9C(=O)CC(c%10ccccccccc%10)C9=O)C(C)C)cc8)C[C@H]6C=N7)cc5N=C[C@@H]4C3)cc2)CC1. The number of amides is 7. The standard InChI is InChI=1S/C77H85N9O11/c1-7-51-20-18-33-83(35-32-51)58-30-26-53(27-31-58)56-39-60-46-79-65-44-69(67(95-6)41-63(65)77(93)86(60)48-56)97-37-19-36-96-68-43-64-62(40-66(68)94-5)76(92)85-47-55(38-59(85)45-78-64)52-24-28-57(29-25-52)81-73(89)50(4)80-74(90)72(49(2)3)82-70(87)23-16-13-17-34-84-71(88)42-61(75(84)91)54-21-14-11-9-8-10-12-15-22-54/h7-12,14-15,21-22,24-31,40-41,43-50,59-61,72H,13,16-20,23,32-39,42H2,1-6H3,(H,80,90)(H,81,89)(H,82,87)/b9-8?,10-8?,11-9?,12-10?,14-11?,15-12?,21-14?,22-15?,51-7-,54-21?,54-22?/t50-,59-,60-,61?,72?/m0/s1. The van der Waals surface area contributed by atoms with Crippen LogP contribution in [0.1, 0.15) is 142 Å². The summed E-state index contributed by atoms with van der Waals surface area (Å²) in [7, 11) is 3.06. The highest BCUT2D eigenvalue weighted by Gasteiger charge is 2.40. The number of ether oxygens (including phenoxy) is 4. The second kappa shape index (κ2) is 31.5. The Hall–Kier alpha value is -10.4. The molecule has 3 N–H and O–H groups in total. The fraction of sp³-hybridized carbons (Fsp3) is 0.364. The van der Waals surface area contributed by atoms with Crippen LogP contribution in [0.15, 0.2) is 161 Å². The lowest BCUT2D eigenvalue weighted by Crippen LogP contribution is -2.53. The number of unbranched alkanes of at least 4 members (excludes halogenated alkanes) is 2. The topological polar surface area (TPSA) is 230 Å². The van der Waals surface area contributed by atoms with Gasteiger partial charge >= 0.3 is 0 Å². The summed E-state index contributed by atoms with van der Waals surface area (Å²) in [6.07, 6.45) is 16.5. The number of imide groups is 1. The quantitative estimate of drug-likeness (QED) is 0.0298. The number of hydrogen-bond acceptors (Lipinski definition) is 14. The number of allylic oxidation sites excluding steroid dienone is 1. The zero-order chi connectivity index (χ0) is 68.1. The highest BCUT2D eigenvalue weighted by Crippen LogP contribution is 2.43. The maximum absolute atomic E-state index is 14.2. The Bertz CT molecular complexity index is 4000. The first-order valence-corrected chi connectivity index (χ1v) is 33.7. The number of fused-ring (bicyclic) bond motifs is 4. The van der Waals surface area contributed by atoms with E-state index in [1.54, 1.807) is 66.4 Å². The van der Waals surface area contributed by atoms with Crippen molar-refractivity contribution in [2.24, 2.45) is 15.9 Å². The molecule has 0 bridgehead atoms. The van der Waals surface area contributed by atoms with Gasteiger partial charge in [0.05, 0.1) is 67.9 Å². The molecule has 0 saturated carbocycles. The number of methoxy groups -OCH3 is 2. The maximum atomic E-state index is 14.2. The first-order valence-electron chi connectivity index (χ1n) is 33.7. The molecule has 2 saturated heterocycles. The average Bonchev–Trinajstić information content (AvgIpc) is 1.66. The van der Waals surface area contributed by atoms with Gasteiger partial charge in [0.1, 0.15) is 12.1 Å². The lowest BCUT2D eigenvalue weighted by molar-refractivity contribution is -0.139. The molecule has 20 heteroatoms. The zero-order valence-corrected chi connectivity index (χ0v) is 56.0. The van der Waals surface area contributed by atoms with Gasteiger partial charge in [0.2, 0.25) is 29.5 Å². The first-order chi connectivity index (χ1) is 47.1. The molecule has 6 aliphatic rings. The molecular formula is C77H85N9O11. The van der Waals surface area contributed by atoms with E-state index < -0.39 is 29.8 Å². The van der Waals surface area contributed by atoms with Crippen molar-refractivity contribution in [2.75, 3.05) is 57.3 Å². The molecule has 0 aliphatic carbocycles. The third-order valence-corrected chi connectivity index (χ3v) is 18.6. The fourth-order valence-corrected chi connectivity index (χ4v) is 13.0. The fourth-order valence-electron chi connectivity index (χ4n) is 13.0. The van der Waals surface area contributed by atoms with Crippen molar-refractivity contribution in [1.82, 2.24) is 25.3 Å². The minimum Gasteiger partial charge on any atom is -0.493 e. The van der Waals surface area contributed by atoms with Crippen molar-refractivity contribution in [2.45, 2.75) is 128 Å². The van der Waals surface area contributed by atoms with Crippen molar-refractivity contribution >= 4 is 87.7 Å². The second-order valence-corrected chi connectivity index (χ2v) is 25.5. The predicted molar refractivity (Wildman–Crippen MR) is 375 cm³/mol. The van der Waals surface area contributed by atoms with Crippen molar-refractivity contribution in [1.29, 1.82) is 0 Å². The Morgan fingerprint density at radius 1 is 0.619 bits per heavy atom. The van der Waals surface area contributed by atoms with Crippen LogP contribution in [-0.2, 0) is 24.0 Å². The summed E-state index contributed by atoms with van der Waals surface area (Å²) in [5.41, 5.74) is 9.64. The largest absolute Gasteiger partial charge is 0.493 e. The van der Waals surface area contributed by atoms with Gasteiger partial charge in [-0.3, -0.25) is 48.4 Å². The van der Waals surface area contributed by atoms with Crippen LogP contribution in [-0.4, -0.2) is 140 Å². The third kappa shape index (κ3) is 16.1. The zero-order valence-electron chi connectivity index (χ0n) is 56.0. The predicted octanol–water partition coefficient (Wildman–Crippen LogP) is 12.2. The van der Waals surface area contributed by atoms with Gasteiger partial charge < -0.3 is 49.6 Å². The highest BCUT2D eigenvalue weighted by atomic mass is 16.5. The first kappa shape index (κ1) is 68.0. The number of nitrogens with one attached hydrogen (secondary N) is 3. The van der Waals surface area contributed by atoms with Gasteiger partial charge in [0, 0.05) is 100 Å². The molecule has 0 spiro atoms. The van der Waals surface area contributed by atoms with Crippen molar-refractivity contribution < 1.29 is 52.5 Å². The normalized spacial score (nSPS) is 18.9. The molecule has 0 radical (unpaired) electrons. The molecule has 97 heavy (non-hydrogen) atoms. The number of rotatable bonds is 24. The van der Waals surface area contributed by atoms with E-state index in [-0.39, 0.29) is 80.1 Å². The van der Waals surface area contributed by atoms with E-state index in [0.717, 1.165) is 60.2 Å². The van der Waals surface area contributed by atoms with Gasteiger partial charge in [-0.15, -0.1) is 0 Å². The van der Waals surface area contributed by atoms with Gasteiger partial charge in [-0.1, -0.05) is 111 Å².